The summed E-state index contributed by atoms with van der Waals surface area (Å²) in [4.78, 5) is 2.33. The van der Waals surface area contributed by atoms with E-state index in [2.05, 4.69) is 191 Å². The largest absolute Gasteiger partial charge is 0.310 e. The molecule has 0 amide bonds. The third kappa shape index (κ3) is 5.77. The number of aromatic nitrogens is 1. The van der Waals surface area contributed by atoms with Gasteiger partial charge >= 0.3 is 0 Å². The van der Waals surface area contributed by atoms with Gasteiger partial charge in [0.15, 0.2) is 0 Å². The van der Waals surface area contributed by atoms with Crippen molar-refractivity contribution in [2.24, 2.45) is 0 Å². The van der Waals surface area contributed by atoms with E-state index in [0.29, 0.717) is 0 Å². The van der Waals surface area contributed by atoms with E-state index in [1.807, 2.05) is 36.4 Å². The predicted octanol–water partition coefficient (Wildman–Crippen LogP) is 13.9. The van der Waals surface area contributed by atoms with E-state index in [9.17, 15) is 0 Å². The van der Waals surface area contributed by atoms with Crippen molar-refractivity contribution in [3.63, 3.8) is 0 Å². The first kappa shape index (κ1) is 31.1. The monoisotopic (exact) mass is 664 g/mol. The molecule has 0 saturated carbocycles. The fourth-order valence-electron chi connectivity index (χ4n) is 7.47. The Morgan fingerprint density at radius 3 is 1.35 bits per heavy atom. The SMILES string of the molecule is c1ccc(N(c2ccccc2)c2ccc3c(c2)c2ccccc2n3-c2ccc(-c3c4ccccc4cc4ccccc34)cc2)cc1.c1ccccc1. The maximum atomic E-state index is 2.40. The molecule has 0 spiro atoms. The van der Waals surface area contributed by atoms with Crippen LogP contribution in [0.4, 0.5) is 17.1 Å². The predicted molar refractivity (Wildman–Crippen MR) is 222 cm³/mol. The second-order valence-electron chi connectivity index (χ2n) is 13.0. The smallest absolute Gasteiger partial charge is 0.0542 e. The van der Waals surface area contributed by atoms with E-state index >= 15 is 0 Å². The molecule has 0 radical (unpaired) electrons. The molecule has 2 nitrogen and oxygen atoms in total. The van der Waals surface area contributed by atoms with Gasteiger partial charge in [-0.2, -0.15) is 0 Å². The zero-order valence-corrected chi connectivity index (χ0v) is 28.7. The normalized spacial score (nSPS) is 11.1. The molecule has 10 rings (SSSR count). The van der Waals surface area contributed by atoms with Crippen LogP contribution in [0.25, 0.3) is 60.2 Å². The third-order valence-corrected chi connectivity index (χ3v) is 9.80. The van der Waals surface area contributed by atoms with Crippen LogP contribution in [-0.2, 0) is 0 Å². The summed E-state index contributed by atoms with van der Waals surface area (Å²) in [6, 6.07) is 77.6. The van der Waals surface area contributed by atoms with E-state index in [4.69, 9.17) is 0 Å². The number of anilines is 3. The molecule has 246 valence electrons. The van der Waals surface area contributed by atoms with Crippen molar-refractivity contribution in [3.05, 3.63) is 218 Å². The van der Waals surface area contributed by atoms with Gasteiger partial charge < -0.3 is 9.47 Å². The molecule has 0 saturated heterocycles. The first-order chi connectivity index (χ1) is 25.8. The highest BCUT2D eigenvalue weighted by molar-refractivity contribution is 6.13. The summed E-state index contributed by atoms with van der Waals surface area (Å²) in [5, 5.41) is 7.55. The van der Waals surface area contributed by atoms with Gasteiger partial charge in [0, 0.05) is 33.5 Å². The second-order valence-corrected chi connectivity index (χ2v) is 13.0. The van der Waals surface area contributed by atoms with Gasteiger partial charge in [0.1, 0.15) is 0 Å². The van der Waals surface area contributed by atoms with Gasteiger partial charge in [-0.25, -0.2) is 0 Å². The average Bonchev–Trinajstić information content (AvgIpc) is 3.55. The standard InChI is InChI=1S/C44H30N2.C6H6/c1-3-15-34(16-4-1)45(35-17-5-2-6-18-35)37-27-28-43-41(30-37)40-21-11-12-22-42(40)46(43)36-25-23-31(24-26-36)44-38-19-9-7-13-32(38)29-33-14-8-10-20-39(33)44;1-2-4-6-5-3-1/h1-30H;1-6H. The summed E-state index contributed by atoms with van der Waals surface area (Å²) >= 11 is 0. The lowest BCUT2D eigenvalue weighted by Gasteiger charge is -2.25. The van der Waals surface area contributed by atoms with Crippen molar-refractivity contribution >= 4 is 60.4 Å². The molecule has 0 fully saturated rings. The van der Waals surface area contributed by atoms with E-state index in [1.165, 1.54) is 54.5 Å². The quantitative estimate of drug-likeness (QED) is 0.166. The van der Waals surface area contributed by atoms with Crippen LogP contribution < -0.4 is 4.90 Å². The summed E-state index contributed by atoms with van der Waals surface area (Å²) < 4.78 is 2.40. The summed E-state index contributed by atoms with van der Waals surface area (Å²) in [6.07, 6.45) is 0. The lowest BCUT2D eigenvalue weighted by Crippen LogP contribution is -2.09. The summed E-state index contributed by atoms with van der Waals surface area (Å²) in [5.74, 6) is 0. The van der Waals surface area contributed by atoms with Crippen LogP contribution in [0.5, 0.6) is 0 Å². The van der Waals surface area contributed by atoms with Gasteiger partial charge in [0.25, 0.3) is 0 Å². The minimum Gasteiger partial charge on any atom is -0.310 e. The van der Waals surface area contributed by atoms with Crippen molar-refractivity contribution < 1.29 is 0 Å². The highest BCUT2D eigenvalue weighted by atomic mass is 15.1. The molecule has 0 N–H and O–H groups in total. The van der Waals surface area contributed by atoms with Gasteiger partial charge in [-0.05, 0) is 99.4 Å². The van der Waals surface area contributed by atoms with Crippen molar-refractivity contribution in [3.8, 4) is 16.8 Å². The number of hydrogen-bond acceptors (Lipinski definition) is 1. The Balaban J connectivity index is 0.000000548. The Bertz CT molecular complexity index is 2650. The van der Waals surface area contributed by atoms with Crippen molar-refractivity contribution in [1.82, 2.24) is 4.57 Å². The number of nitrogens with zero attached hydrogens (tertiary/aromatic N) is 2. The minimum absolute atomic E-state index is 1.13. The van der Waals surface area contributed by atoms with E-state index in [-0.39, 0.29) is 0 Å². The van der Waals surface area contributed by atoms with Crippen LogP contribution in [0.1, 0.15) is 0 Å². The molecule has 1 aromatic heterocycles. The van der Waals surface area contributed by atoms with Crippen LogP contribution in [-0.4, -0.2) is 4.57 Å². The Kier molecular flexibility index (Phi) is 8.24. The maximum absolute atomic E-state index is 2.40. The Morgan fingerprint density at radius 1 is 0.308 bits per heavy atom. The molecule has 0 aliphatic rings. The van der Waals surface area contributed by atoms with Crippen LogP contribution in [0.3, 0.4) is 0 Å². The number of rotatable bonds is 5. The highest BCUT2D eigenvalue weighted by Gasteiger charge is 2.17. The Labute approximate surface area is 304 Å². The molecule has 1 heterocycles. The average molecular weight is 665 g/mol. The Hall–Kier alpha value is -6.90. The zero-order valence-electron chi connectivity index (χ0n) is 28.7. The van der Waals surface area contributed by atoms with Gasteiger partial charge in [0.05, 0.1) is 11.0 Å². The van der Waals surface area contributed by atoms with Gasteiger partial charge in [-0.1, -0.05) is 152 Å². The molecule has 0 bridgehead atoms. The first-order valence-corrected chi connectivity index (χ1v) is 17.8. The van der Waals surface area contributed by atoms with Crippen molar-refractivity contribution in [2.75, 3.05) is 4.90 Å². The van der Waals surface area contributed by atoms with Crippen LogP contribution in [0, 0.1) is 0 Å². The topological polar surface area (TPSA) is 8.17 Å². The number of fused-ring (bicyclic) bond motifs is 5. The molecule has 0 aliphatic heterocycles. The molecule has 52 heavy (non-hydrogen) atoms. The van der Waals surface area contributed by atoms with Gasteiger partial charge in [-0.3, -0.25) is 0 Å². The maximum Gasteiger partial charge on any atom is 0.0542 e. The lowest BCUT2D eigenvalue weighted by molar-refractivity contribution is 1.18. The molecule has 9 aromatic carbocycles. The molecule has 0 atom stereocenters. The first-order valence-electron chi connectivity index (χ1n) is 17.8. The van der Waals surface area contributed by atoms with Crippen LogP contribution >= 0.6 is 0 Å². The summed E-state index contributed by atoms with van der Waals surface area (Å²) in [7, 11) is 0. The summed E-state index contributed by atoms with van der Waals surface area (Å²) in [5.41, 5.74) is 9.44. The van der Waals surface area contributed by atoms with Gasteiger partial charge in [0.2, 0.25) is 0 Å². The molecule has 0 unspecified atom stereocenters. The lowest BCUT2D eigenvalue weighted by atomic mass is 9.92. The van der Waals surface area contributed by atoms with E-state index < -0.39 is 0 Å². The highest BCUT2D eigenvalue weighted by Crippen LogP contribution is 2.41. The van der Waals surface area contributed by atoms with E-state index in [0.717, 1.165) is 22.7 Å². The third-order valence-electron chi connectivity index (χ3n) is 9.80. The van der Waals surface area contributed by atoms with Gasteiger partial charge in [-0.15, -0.1) is 0 Å². The molecule has 0 aliphatic carbocycles. The minimum atomic E-state index is 1.13. The number of para-hydroxylation sites is 3. The van der Waals surface area contributed by atoms with E-state index in [1.54, 1.807) is 0 Å². The number of hydrogen-bond donors (Lipinski definition) is 0. The number of benzene rings is 9. The molecular formula is C50H36N2. The molecule has 2 heteroatoms. The zero-order chi connectivity index (χ0) is 34.7. The summed E-state index contributed by atoms with van der Waals surface area (Å²) in [6.45, 7) is 0. The van der Waals surface area contributed by atoms with Crippen molar-refractivity contribution in [2.45, 2.75) is 0 Å². The van der Waals surface area contributed by atoms with Crippen LogP contribution in [0.2, 0.25) is 0 Å². The molecular weight excluding hydrogens is 629 g/mol. The van der Waals surface area contributed by atoms with Crippen molar-refractivity contribution in [1.29, 1.82) is 0 Å². The Morgan fingerprint density at radius 2 is 0.769 bits per heavy atom. The fraction of sp³-hybridized carbons (Fsp3) is 0. The fourth-order valence-corrected chi connectivity index (χ4v) is 7.47. The van der Waals surface area contributed by atoms with Crippen LogP contribution in [0.15, 0.2) is 218 Å². The second kappa shape index (κ2) is 13.8. The molecule has 10 aromatic rings.